The van der Waals surface area contributed by atoms with Crippen LogP contribution in [0.25, 0.3) is 0 Å². The Balaban J connectivity index is 0. The maximum absolute atomic E-state index is 12.6. The van der Waals surface area contributed by atoms with Crippen molar-refractivity contribution in [3.05, 3.63) is 6.17 Å². The van der Waals surface area contributed by atoms with Gasteiger partial charge in [-0.2, -0.15) is 6.17 Å². The second-order valence-corrected chi connectivity index (χ2v) is 2.61. The second-order valence-electron chi connectivity index (χ2n) is 2.61. The SMILES string of the molecule is CC1(F)CC[C-](F)C1.[B].[W]. The third-order valence-electron chi connectivity index (χ3n) is 1.48. The summed E-state index contributed by atoms with van der Waals surface area (Å²) in [5, 5.41) is 0. The summed E-state index contributed by atoms with van der Waals surface area (Å²) in [6.07, 6.45) is 0.522. The molecule has 1 saturated carbocycles. The normalized spacial score (nSPS) is 32.7. The molecule has 0 amide bonds. The molecule has 57 valence electrons. The molecule has 10 heavy (non-hydrogen) atoms. The van der Waals surface area contributed by atoms with Gasteiger partial charge >= 0.3 is 0 Å². The van der Waals surface area contributed by atoms with Crippen LogP contribution < -0.4 is 0 Å². The summed E-state index contributed by atoms with van der Waals surface area (Å²) < 4.78 is 24.7. The molecule has 1 fully saturated rings. The van der Waals surface area contributed by atoms with E-state index in [4.69, 9.17) is 0 Å². The molecule has 0 bridgehead atoms. The van der Waals surface area contributed by atoms with Gasteiger partial charge in [0.25, 0.3) is 0 Å². The van der Waals surface area contributed by atoms with Crippen LogP contribution in [0.4, 0.5) is 8.78 Å². The molecule has 0 saturated heterocycles. The van der Waals surface area contributed by atoms with Crippen molar-refractivity contribution in [3.8, 4) is 0 Å². The molecule has 0 heterocycles. The predicted molar refractivity (Wildman–Crippen MR) is 33.5 cm³/mol. The van der Waals surface area contributed by atoms with Crippen LogP contribution in [0.3, 0.4) is 0 Å². The molecule has 1 aliphatic carbocycles. The molecule has 0 aromatic rings. The van der Waals surface area contributed by atoms with Crippen LogP contribution in [0.15, 0.2) is 0 Å². The molecule has 0 N–H and O–H groups in total. The zero-order valence-electron chi connectivity index (χ0n) is 5.86. The van der Waals surface area contributed by atoms with Crippen molar-refractivity contribution in [3.63, 3.8) is 0 Å². The third-order valence-corrected chi connectivity index (χ3v) is 1.48. The number of rotatable bonds is 0. The standard InChI is InChI=1S/C6H9F2.B.W/c1-6(8)3-2-5(7)4-6;;/h2-4H2,1H3;;/q-1;;. The third kappa shape index (κ3) is 3.70. The van der Waals surface area contributed by atoms with Gasteiger partial charge in [0.05, 0.1) is 5.67 Å². The van der Waals surface area contributed by atoms with Crippen LogP contribution in [-0.2, 0) is 21.1 Å². The summed E-state index contributed by atoms with van der Waals surface area (Å²) in [6, 6.07) is 0. The van der Waals surface area contributed by atoms with Gasteiger partial charge in [-0.05, 0) is 13.3 Å². The van der Waals surface area contributed by atoms with E-state index < -0.39 is 5.67 Å². The summed E-state index contributed by atoms with van der Waals surface area (Å²) >= 11 is 0. The first-order chi connectivity index (χ1) is 3.60. The van der Waals surface area contributed by atoms with E-state index in [2.05, 4.69) is 0 Å². The van der Waals surface area contributed by atoms with Crippen molar-refractivity contribution in [1.82, 2.24) is 0 Å². The Morgan fingerprint density at radius 3 is 2.10 bits per heavy atom. The van der Waals surface area contributed by atoms with Gasteiger partial charge in [-0.1, -0.05) is 0 Å². The van der Waals surface area contributed by atoms with Gasteiger partial charge < -0.3 is 4.39 Å². The van der Waals surface area contributed by atoms with E-state index in [1.807, 2.05) is 0 Å². The summed E-state index contributed by atoms with van der Waals surface area (Å²) in [5.41, 5.74) is -1.25. The fourth-order valence-corrected chi connectivity index (χ4v) is 0.973. The van der Waals surface area contributed by atoms with E-state index >= 15 is 0 Å². The minimum Gasteiger partial charge on any atom is -0.456 e. The predicted octanol–water partition coefficient (Wildman–Crippen LogP) is 2.02. The van der Waals surface area contributed by atoms with Crippen molar-refractivity contribution in [1.29, 1.82) is 0 Å². The fourth-order valence-electron chi connectivity index (χ4n) is 0.973. The Hall–Kier alpha value is 0.613. The largest absolute Gasteiger partial charge is 0.456 e. The Morgan fingerprint density at radius 1 is 1.50 bits per heavy atom. The monoisotopic (exact) mass is 314 g/mol. The average Bonchev–Trinajstić information content (AvgIpc) is 1.82. The molecule has 3 radical (unpaired) electrons. The minimum atomic E-state index is -1.25. The molecule has 0 aromatic heterocycles. The molecule has 0 aromatic carbocycles. The van der Waals surface area contributed by atoms with Crippen LogP contribution in [0.2, 0.25) is 0 Å². The Labute approximate surface area is 76.6 Å². The van der Waals surface area contributed by atoms with Crippen LogP contribution in [0.1, 0.15) is 26.2 Å². The quantitative estimate of drug-likeness (QED) is 0.474. The van der Waals surface area contributed by atoms with Crippen molar-refractivity contribution >= 4 is 8.41 Å². The number of alkyl halides is 1. The molecule has 0 spiro atoms. The molecule has 0 aliphatic heterocycles. The Morgan fingerprint density at radius 2 is 2.00 bits per heavy atom. The van der Waals surface area contributed by atoms with E-state index in [1.54, 1.807) is 0 Å². The summed E-state index contributed by atoms with van der Waals surface area (Å²) in [7, 11) is 0. The van der Waals surface area contributed by atoms with Gasteiger partial charge in [-0.15, -0.1) is 12.8 Å². The minimum absolute atomic E-state index is 0. The Bertz CT molecular complexity index is 97.7. The van der Waals surface area contributed by atoms with E-state index in [9.17, 15) is 8.78 Å². The number of hydrogen-bond acceptors (Lipinski definition) is 0. The van der Waals surface area contributed by atoms with E-state index in [0.717, 1.165) is 0 Å². The van der Waals surface area contributed by atoms with Crippen LogP contribution in [0.5, 0.6) is 0 Å². The molecule has 4 heteroatoms. The number of halogens is 2. The molecule has 1 atom stereocenters. The van der Waals surface area contributed by atoms with Crippen LogP contribution in [0, 0.1) is 6.17 Å². The molecular weight excluding hydrogens is 305 g/mol. The van der Waals surface area contributed by atoms with E-state index in [0.29, 0.717) is 12.8 Å². The first kappa shape index (κ1) is 13.2. The van der Waals surface area contributed by atoms with E-state index in [1.165, 1.54) is 6.92 Å². The van der Waals surface area contributed by atoms with Gasteiger partial charge in [0, 0.05) is 29.5 Å². The van der Waals surface area contributed by atoms with Gasteiger partial charge in [-0.3, -0.25) is 0 Å². The second kappa shape index (κ2) is 4.48. The Kier molecular flexibility index (Phi) is 5.93. The van der Waals surface area contributed by atoms with Crippen molar-refractivity contribution in [2.75, 3.05) is 0 Å². The fraction of sp³-hybridized carbons (Fsp3) is 0.833. The zero-order chi connectivity index (χ0) is 6.20. The van der Waals surface area contributed by atoms with Crippen molar-refractivity contribution < 1.29 is 29.8 Å². The average molecular weight is 314 g/mol. The summed E-state index contributed by atoms with van der Waals surface area (Å²) in [4.78, 5) is 0. The van der Waals surface area contributed by atoms with Gasteiger partial charge in [0.2, 0.25) is 0 Å². The first-order valence-electron chi connectivity index (χ1n) is 2.79. The molecule has 1 rings (SSSR count). The zero-order valence-corrected chi connectivity index (χ0v) is 8.80. The first-order valence-corrected chi connectivity index (χ1v) is 2.79. The molecule has 0 nitrogen and oxygen atoms in total. The summed E-state index contributed by atoms with van der Waals surface area (Å²) in [6.45, 7) is 1.44. The van der Waals surface area contributed by atoms with Gasteiger partial charge in [0.15, 0.2) is 0 Å². The topological polar surface area (TPSA) is 0 Å². The van der Waals surface area contributed by atoms with Crippen LogP contribution >= 0.6 is 0 Å². The van der Waals surface area contributed by atoms with Gasteiger partial charge in [-0.25, -0.2) is 4.39 Å². The van der Waals surface area contributed by atoms with Crippen molar-refractivity contribution in [2.45, 2.75) is 31.9 Å². The maximum Gasteiger partial charge on any atom is 0.0812 e. The molecular formula is C6H9BF2W-. The van der Waals surface area contributed by atoms with Gasteiger partial charge in [0.1, 0.15) is 0 Å². The molecule has 1 unspecified atom stereocenters. The van der Waals surface area contributed by atoms with Crippen molar-refractivity contribution in [2.24, 2.45) is 0 Å². The maximum atomic E-state index is 12.6. The van der Waals surface area contributed by atoms with Crippen LogP contribution in [-0.4, -0.2) is 14.1 Å². The summed E-state index contributed by atoms with van der Waals surface area (Å²) in [5.74, 6) is 0. The van der Waals surface area contributed by atoms with E-state index in [-0.39, 0.29) is 42.1 Å². The molecule has 1 aliphatic rings. The number of hydrogen-bond donors (Lipinski definition) is 0. The smallest absolute Gasteiger partial charge is 0.0812 e.